The molecule has 6 rings (SSSR count). The maximum atomic E-state index is 14.2. The van der Waals surface area contributed by atoms with Crippen molar-refractivity contribution in [3.8, 4) is 22.9 Å². The van der Waals surface area contributed by atoms with Gasteiger partial charge in [0.2, 0.25) is 11.8 Å². The third-order valence-electron chi connectivity index (χ3n) is 8.31. The number of nitrogens with one attached hydrogen (secondary N) is 2. The summed E-state index contributed by atoms with van der Waals surface area (Å²) in [5, 5.41) is 8.39. The number of ether oxygens (including phenoxy) is 1. The van der Waals surface area contributed by atoms with Crippen LogP contribution in [-0.4, -0.2) is 45.8 Å². The molecule has 0 unspecified atom stereocenters. The SMILES string of the molecule is Cc1ccc2c(CC(=O)C3(C(C)(F)F)CC3)cccc2c1Oc1ncccc1-c1ccnc(N[C@H]2CCCNC2)n1. The van der Waals surface area contributed by atoms with Crippen molar-refractivity contribution in [3.63, 3.8) is 0 Å². The molecule has 0 bridgehead atoms. The molecule has 3 heterocycles. The second kappa shape index (κ2) is 10.8. The Morgan fingerprint density at radius 1 is 1.10 bits per heavy atom. The largest absolute Gasteiger partial charge is 0.437 e. The van der Waals surface area contributed by atoms with Gasteiger partial charge in [-0.15, -0.1) is 0 Å². The lowest BCUT2D eigenvalue weighted by atomic mass is 9.88. The summed E-state index contributed by atoms with van der Waals surface area (Å²) < 4.78 is 35.0. The first kappa shape index (κ1) is 27.2. The molecule has 2 aromatic carbocycles. The molecule has 4 aromatic rings. The number of pyridine rings is 1. The Morgan fingerprint density at radius 2 is 1.95 bits per heavy atom. The predicted molar refractivity (Wildman–Crippen MR) is 155 cm³/mol. The Morgan fingerprint density at radius 3 is 2.71 bits per heavy atom. The van der Waals surface area contributed by atoms with Crippen LogP contribution in [0.25, 0.3) is 22.0 Å². The second-order valence-corrected chi connectivity index (χ2v) is 11.2. The zero-order valence-electron chi connectivity index (χ0n) is 23.2. The van der Waals surface area contributed by atoms with Gasteiger partial charge in [-0.25, -0.2) is 23.7 Å². The number of nitrogens with zero attached hydrogens (tertiary/aromatic N) is 3. The summed E-state index contributed by atoms with van der Waals surface area (Å²) in [7, 11) is 0. The molecule has 2 aromatic heterocycles. The number of alkyl halides is 2. The smallest absolute Gasteiger partial charge is 0.257 e. The zero-order chi connectivity index (χ0) is 28.6. The number of rotatable bonds is 9. The Kier molecular flexibility index (Phi) is 7.15. The van der Waals surface area contributed by atoms with Gasteiger partial charge in [-0.2, -0.15) is 0 Å². The second-order valence-electron chi connectivity index (χ2n) is 11.2. The van der Waals surface area contributed by atoms with E-state index in [1.807, 2.05) is 55.5 Å². The lowest BCUT2D eigenvalue weighted by Crippen LogP contribution is -2.38. The molecule has 41 heavy (non-hydrogen) atoms. The number of fused-ring (bicyclic) bond motifs is 1. The first-order chi connectivity index (χ1) is 19.7. The maximum absolute atomic E-state index is 14.2. The van der Waals surface area contributed by atoms with Crippen LogP contribution >= 0.6 is 0 Å². The number of piperidine rings is 1. The zero-order valence-corrected chi connectivity index (χ0v) is 23.2. The van der Waals surface area contributed by atoms with Gasteiger partial charge in [0.05, 0.1) is 16.7 Å². The highest BCUT2D eigenvalue weighted by Gasteiger charge is 2.63. The molecule has 0 radical (unpaired) electrons. The van der Waals surface area contributed by atoms with Gasteiger partial charge in [0.25, 0.3) is 5.92 Å². The molecule has 9 heteroatoms. The van der Waals surface area contributed by atoms with Crippen LogP contribution in [0.1, 0.15) is 43.7 Å². The molecule has 2 N–H and O–H groups in total. The van der Waals surface area contributed by atoms with Gasteiger partial charge >= 0.3 is 0 Å². The number of aromatic nitrogens is 3. The van der Waals surface area contributed by atoms with Crippen molar-refractivity contribution in [1.82, 2.24) is 20.3 Å². The average Bonchev–Trinajstić information content (AvgIpc) is 3.79. The minimum absolute atomic E-state index is 0.0503. The summed E-state index contributed by atoms with van der Waals surface area (Å²) in [5.74, 6) is -1.91. The number of benzene rings is 2. The Bertz CT molecular complexity index is 1590. The first-order valence-corrected chi connectivity index (χ1v) is 14.1. The van der Waals surface area contributed by atoms with E-state index in [1.165, 1.54) is 0 Å². The third-order valence-corrected chi connectivity index (χ3v) is 8.31. The van der Waals surface area contributed by atoms with Crippen molar-refractivity contribution in [3.05, 3.63) is 72.1 Å². The van der Waals surface area contributed by atoms with E-state index in [9.17, 15) is 13.6 Å². The monoisotopic (exact) mass is 557 g/mol. The van der Waals surface area contributed by atoms with Gasteiger partial charge in [-0.1, -0.05) is 30.3 Å². The van der Waals surface area contributed by atoms with Crippen LogP contribution in [0.15, 0.2) is 60.9 Å². The van der Waals surface area contributed by atoms with E-state index in [0.717, 1.165) is 49.2 Å². The molecule has 1 saturated carbocycles. The van der Waals surface area contributed by atoms with Crippen LogP contribution in [0.2, 0.25) is 0 Å². The topological polar surface area (TPSA) is 89.0 Å². The molecule has 1 aliphatic carbocycles. The fraction of sp³-hybridized carbons (Fsp3) is 0.375. The van der Waals surface area contributed by atoms with E-state index in [4.69, 9.17) is 9.72 Å². The number of ketones is 1. The summed E-state index contributed by atoms with van der Waals surface area (Å²) in [5.41, 5.74) is 1.43. The molecule has 2 fully saturated rings. The molecule has 1 atom stereocenters. The fourth-order valence-corrected chi connectivity index (χ4v) is 5.72. The number of carbonyl (C=O) groups excluding carboxylic acids is 1. The molecule has 212 valence electrons. The van der Waals surface area contributed by atoms with Gasteiger partial charge in [-0.3, -0.25) is 4.79 Å². The fourth-order valence-electron chi connectivity index (χ4n) is 5.72. The molecule has 1 saturated heterocycles. The lowest BCUT2D eigenvalue weighted by molar-refractivity contribution is -0.138. The van der Waals surface area contributed by atoms with Crippen LogP contribution in [0.3, 0.4) is 0 Å². The van der Waals surface area contributed by atoms with E-state index < -0.39 is 17.1 Å². The quantitative estimate of drug-likeness (QED) is 0.243. The van der Waals surface area contributed by atoms with Crippen LogP contribution < -0.4 is 15.4 Å². The summed E-state index contributed by atoms with van der Waals surface area (Å²) in [6.45, 7) is 4.68. The van der Waals surface area contributed by atoms with Crippen molar-refractivity contribution in [1.29, 1.82) is 0 Å². The number of carbonyl (C=O) groups is 1. The third kappa shape index (κ3) is 5.38. The summed E-state index contributed by atoms with van der Waals surface area (Å²) in [4.78, 5) is 26.7. The van der Waals surface area contributed by atoms with Crippen molar-refractivity contribution >= 4 is 22.5 Å². The molecule has 0 spiro atoms. The summed E-state index contributed by atoms with van der Waals surface area (Å²) in [6, 6.07) is 15.2. The standard InChI is InChI=1S/C32H33F2N5O2/c1-20-10-11-23-21(18-27(40)32(13-14-32)31(2,33)34)6-3-8-24(23)28(20)41-29-25(9-5-16-36-29)26-12-17-37-30(39-26)38-22-7-4-15-35-19-22/h3,5-6,8-12,16-17,22,35H,4,7,13-15,18-19H2,1-2H3,(H,37,38,39)/t22-/m0/s1. The molecular formula is C32H33F2N5O2. The van der Waals surface area contributed by atoms with E-state index in [0.29, 0.717) is 34.4 Å². The number of halogens is 2. The number of Topliss-reactive ketones (excluding diaryl/α,β-unsaturated/α-hetero) is 1. The number of hydrogen-bond donors (Lipinski definition) is 2. The Labute approximate surface area is 237 Å². The van der Waals surface area contributed by atoms with Crippen LogP contribution in [0.5, 0.6) is 11.6 Å². The first-order valence-electron chi connectivity index (χ1n) is 14.1. The lowest BCUT2D eigenvalue weighted by Gasteiger charge is -2.23. The van der Waals surface area contributed by atoms with Gasteiger partial charge in [0.15, 0.2) is 0 Å². The normalized spacial score (nSPS) is 18.2. The van der Waals surface area contributed by atoms with Crippen LogP contribution in [0.4, 0.5) is 14.7 Å². The Hall–Kier alpha value is -3.98. The van der Waals surface area contributed by atoms with Gasteiger partial charge < -0.3 is 15.4 Å². The molecule has 0 amide bonds. The van der Waals surface area contributed by atoms with E-state index in [1.54, 1.807) is 12.4 Å². The van der Waals surface area contributed by atoms with Gasteiger partial charge in [0.1, 0.15) is 11.5 Å². The number of anilines is 1. The summed E-state index contributed by atoms with van der Waals surface area (Å²) in [6.07, 6.45) is 5.95. The molecule has 7 nitrogen and oxygen atoms in total. The van der Waals surface area contributed by atoms with Gasteiger partial charge in [0, 0.05) is 43.7 Å². The van der Waals surface area contributed by atoms with Crippen molar-refractivity contribution < 1.29 is 18.3 Å². The highest BCUT2D eigenvalue weighted by Crippen LogP contribution is 2.57. The van der Waals surface area contributed by atoms with E-state index >= 15 is 0 Å². The molecular weight excluding hydrogens is 524 g/mol. The number of aryl methyl sites for hydroxylation is 1. The van der Waals surface area contributed by atoms with Crippen LogP contribution in [0, 0.1) is 12.3 Å². The van der Waals surface area contributed by atoms with Gasteiger partial charge in [-0.05, 0) is 73.9 Å². The maximum Gasteiger partial charge on any atom is 0.257 e. The van der Waals surface area contributed by atoms with Crippen molar-refractivity contribution in [2.75, 3.05) is 18.4 Å². The minimum atomic E-state index is -3.03. The molecule has 1 aliphatic heterocycles. The van der Waals surface area contributed by atoms with E-state index in [-0.39, 0.29) is 25.3 Å². The minimum Gasteiger partial charge on any atom is -0.437 e. The average molecular weight is 558 g/mol. The Balaban J connectivity index is 1.31. The van der Waals surface area contributed by atoms with Crippen LogP contribution in [-0.2, 0) is 11.2 Å². The van der Waals surface area contributed by atoms with Crippen molar-refractivity contribution in [2.24, 2.45) is 5.41 Å². The highest BCUT2D eigenvalue weighted by atomic mass is 19.3. The number of hydrogen-bond acceptors (Lipinski definition) is 7. The predicted octanol–water partition coefficient (Wildman–Crippen LogP) is 6.50. The molecule has 2 aliphatic rings. The summed E-state index contributed by atoms with van der Waals surface area (Å²) >= 11 is 0. The van der Waals surface area contributed by atoms with Crippen molar-refractivity contribution in [2.45, 2.75) is 57.9 Å². The van der Waals surface area contributed by atoms with E-state index in [2.05, 4.69) is 20.6 Å². The highest BCUT2D eigenvalue weighted by molar-refractivity contribution is 5.97.